The van der Waals surface area contributed by atoms with Crippen molar-refractivity contribution in [3.8, 4) is 6.07 Å². The first-order valence-corrected chi connectivity index (χ1v) is 6.12. The van der Waals surface area contributed by atoms with E-state index in [0.29, 0.717) is 9.92 Å². The third kappa shape index (κ3) is 2.81. The lowest BCUT2D eigenvalue weighted by molar-refractivity contribution is 0.540. The van der Waals surface area contributed by atoms with Crippen molar-refractivity contribution in [2.75, 3.05) is 0 Å². The van der Waals surface area contributed by atoms with Crippen molar-refractivity contribution in [2.24, 2.45) is 0 Å². The quantitative estimate of drug-likeness (QED) is 0.800. The molecular weight excluding hydrogens is 276 g/mol. The molecule has 0 amide bonds. The topological polar surface area (TPSA) is 23.8 Å². The van der Waals surface area contributed by atoms with Crippen LogP contribution in [0.3, 0.4) is 0 Å². The molecule has 0 aromatic heterocycles. The molecule has 18 heavy (non-hydrogen) atoms. The zero-order chi connectivity index (χ0) is 13.1. The van der Waals surface area contributed by atoms with Crippen molar-refractivity contribution in [2.45, 2.75) is 9.79 Å². The number of nitrogens with zero attached hydrogens (tertiary/aromatic N) is 1. The predicted molar refractivity (Wildman–Crippen MR) is 66.6 cm³/mol. The third-order valence-corrected chi connectivity index (χ3v) is 3.46. The molecule has 0 fully saturated rings. The van der Waals surface area contributed by atoms with Gasteiger partial charge >= 0.3 is 0 Å². The van der Waals surface area contributed by atoms with Crippen molar-refractivity contribution in [3.63, 3.8) is 0 Å². The maximum Gasteiger partial charge on any atom is 0.141 e. The van der Waals surface area contributed by atoms with E-state index < -0.39 is 11.6 Å². The number of benzene rings is 2. The Bertz CT molecular complexity index is 614. The number of hydrogen-bond donors (Lipinski definition) is 0. The summed E-state index contributed by atoms with van der Waals surface area (Å²) in [7, 11) is 0. The molecule has 2 aromatic rings. The highest BCUT2D eigenvalue weighted by molar-refractivity contribution is 7.99. The lowest BCUT2D eigenvalue weighted by Gasteiger charge is -2.05. The maximum absolute atomic E-state index is 13.6. The molecule has 0 aliphatic carbocycles. The van der Waals surface area contributed by atoms with E-state index in [1.807, 2.05) is 0 Å². The summed E-state index contributed by atoms with van der Waals surface area (Å²) < 4.78 is 27.3. The number of hydrogen-bond acceptors (Lipinski definition) is 2. The van der Waals surface area contributed by atoms with Gasteiger partial charge in [0.05, 0.1) is 16.5 Å². The summed E-state index contributed by atoms with van der Waals surface area (Å²) in [4.78, 5) is 0.487. The lowest BCUT2D eigenvalue weighted by atomic mass is 10.2. The summed E-state index contributed by atoms with van der Waals surface area (Å²) in [5, 5.41) is 9.09. The molecule has 0 unspecified atom stereocenters. The van der Waals surface area contributed by atoms with Gasteiger partial charge in [0, 0.05) is 9.92 Å². The molecule has 0 aliphatic rings. The highest BCUT2D eigenvalue weighted by atomic mass is 35.5. The summed E-state index contributed by atoms with van der Waals surface area (Å²) in [5.74, 6) is -1.51. The molecule has 5 heteroatoms. The van der Waals surface area contributed by atoms with E-state index in [1.165, 1.54) is 0 Å². The normalized spacial score (nSPS) is 10.1. The minimum atomic E-state index is -0.753. The van der Waals surface area contributed by atoms with Crippen molar-refractivity contribution in [1.29, 1.82) is 5.26 Å². The summed E-state index contributed by atoms with van der Waals surface area (Å²) >= 11 is 6.72. The smallest absolute Gasteiger partial charge is 0.141 e. The van der Waals surface area contributed by atoms with Crippen LogP contribution in [0.5, 0.6) is 0 Å². The van der Waals surface area contributed by atoms with Gasteiger partial charge in [0.25, 0.3) is 0 Å². The Kier molecular flexibility index (Phi) is 3.85. The standard InChI is InChI=1S/C13H6ClF2NS/c14-9-2-1-3-10(6-9)18-13-11(15)4-8(7-17)5-12(13)16/h1-6H. The van der Waals surface area contributed by atoms with Crippen molar-refractivity contribution in [3.05, 3.63) is 58.6 Å². The number of nitriles is 1. The fourth-order valence-electron chi connectivity index (χ4n) is 1.37. The molecule has 0 saturated carbocycles. The molecule has 0 radical (unpaired) electrons. The predicted octanol–water partition coefficient (Wildman–Crippen LogP) is 4.64. The van der Waals surface area contributed by atoms with Gasteiger partial charge in [-0.3, -0.25) is 0 Å². The monoisotopic (exact) mass is 281 g/mol. The highest BCUT2D eigenvalue weighted by Crippen LogP contribution is 2.33. The van der Waals surface area contributed by atoms with Crippen LogP contribution in [0.15, 0.2) is 46.2 Å². The zero-order valence-corrected chi connectivity index (χ0v) is 10.5. The fourth-order valence-corrected chi connectivity index (χ4v) is 2.51. The van der Waals surface area contributed by atoms with Gasteiger partial charge in [0.2, 0.25) is 0 Å². The first-order valence-electron chi connectivity index (χ1n) is 4.92. The molecule has 90 valence electrons. The largest absolute Gasteiger partial charge is 0.206 e. The second-order valence-electron chi connectivity index (χ2n) is 3.44. The highest BCUT2D eigenvalue weighted by Gasteiger charge is 2.12. The number of halogens is 3. The molecule has 0 heterocycles. The first-order chi connectivity index (χ1) is 8.60. The Morgan fingerprint density at radius 3 is 2.33 bits per heavy atom. The molecule has 0 saturated heterocycles. The van der Waals surface area contributed by atoms with Crippen molar-refractivity contribution >= 4 is 23.4 Å². The minimum absolute atomic E-state index is 0.0413. The van der Waals surface area contributed by atoms with Crippen LogP contribution in [0.4, 0.5) is 8.78 Å². The molecule has 0 N–H and O–H groups in total. The lowest BCUT2D eigenvalue weighted by Crippen LogP contribution is -1.90. The van der Waals surface area contributed by atoms with Crippen LogP contribution in [0.25, 0.3) is 0 Å². The summed E-state index contributed by atoms with van der Waals surface area (Å²) in [6, 6.07) is 10.4. The molecule has 2 rings (SSSR count). The molecule has 1 nitrogen and oxygen atoms in total. The summed E-state index contributed by atoms with van der Waals surface area (Å²) in [5.41, 5.74) is -0.0413. The average molecular weight is 282 g/mol. The van der Waals surface area contributed by atoms with Gasteiger partial charge in [-0.25, -0.2) is 8.78 Å². The maximum atomic E-state index is 13.6. The van der Waals surface area contributed by atoms with Crippen LogP contribution >= 0.6 is 23.4 Å². The van der Waals surface area contributed by atoms with E-state index >= 15 is 0 Å². The van der Waals surface area contributed by atoms with Gasteiger partial charge in [-0.2, -0.15) is 5.26 Å². The summed E-state index contributed by atoms with van der Waals surface area (Å²) in [6.07, 6.45) is 0. The zero-order valence-electron chi connectivity index (χ0n) is 8.95. The van der Waals surface area contributed by atoms with E-state index in [4.69, 9.17) is 16.9 Å². The van der Waals surface area contributed by atoms with Gasteiger partial charge in [-0.1, -0.05) is 29.4 Å². The van der Waals surface area contributed by atoms with Gasteiger partial charge in [0.1, 0.15) is 11.6 Å². The van der Waals surface area contributed by atoms with Crippen LogP contribution in [0.2, 0.25) is 5.02 Å². The van der Waals surface area contributed by atoms with E-state index in [0.717, 1.165) is 23.9 Å². The number of rotatable bonds is 2. The van der Waals surface area contributed by atoms with Gasteiger partial charge in [0.15, 0.2) is 0 Å². The second-order valence-corrected chi connectivity index (χ2v) is 4.96. The van der Waals surface area contributed by atoms with Crippen LogP contribution in [0, 0.1) is 23.0 Å². The van der Waals surface area contributed by atoms with E-state index in [1.54, 1.807) is 30.3 Å². The van der Waals surface area contributed by atoms with Gasteiger partial charge in [-0.15, -0.1) is 0 Å². The Balaban J connectivity index is 2.38. The average Bonchev–Trinajstić information content (AvgIpc) is 2.33. The molecular formula is C13H6ClF2NS. The Morgan fingerprint density at radius 1 is 1.11 bits per heavy atom. The minimum Gasteiger partial charge on any atom is -0.206 e. The van der Waals surface area contributed by atoms with E-state index in [9.17, 15) is 8.78 Å². The van der Waals surface area contributed by atoms with E-state index in [-0.39, 0.29) is 10.5 Å². The molecule has 0 aliphatic heterocycles. The summed E-state index contributed by atoms with van der Waals surface area (Å²) in [6.45, 7) is 0. The van der Waals surface area contributed by atoms with Crippen LogP contribution in [-0.2, 0) is 0 Å². The van der Waals surface area contributed by atoms with Crippen LogP contribution in [0.1, 0.15) is 5.56 Å². The molecule has 0 spiro atoms. The molecule has 0 bridgehead atoms. The fraction of sp³-hybridized carbons (Fsp3) is 0. The SMILES string of the molecule is N#Cc1cc(F)c(Sc2cccc(Cl)c2)c(F)c1. The van der Waals surface area contributed by atoms with Crippen LogP contribution in [-0.4, -0.2) is 0 Å². The van der Waals surface area contributed by atoms with Crippen LogP contribution < -0.4 is 0 Å². The van der Waals surface area contributed by atoms with E-state index in [2.05, 4.69) is 0 Å². The Morgan fingerprint density at radius 2 is 1.78 bits per heavy atom. The first kappa shape index (κ1) is 12.9. The third-order valence-electron chi connectivity index (χ3n) is 2.14. The second kappa shape index (κ2) is 5.38. The molecule has 2 aromatic carbocycles. The van der Waals surface area contributed by atoms with Gasteiger partial charge < -0.3 is 0 Å². The van der Waals surface area contributed by atoms with Gasteiger partial charge in [-0.05, 0) is 30.3 Å². The van der Waals surface area contributed by atoms with Crippen molar-refractivity contribution < 1.29 is 8.78 Å². The Labute approximate surface area is 112 Å². The Hall–Kier alpha value is -1.57. The van der Waals surface area contributed by atoms with Crippen molar-refractivity contribution in [1.82, 2.24) is 0 Å². The molecule has 0 atom stereocenters.